The van der Waals surface area contributed by atoms with Crippen LogP contribution < -0.4 is 5.14 Å². The fourth-order valence-electron chi connectivity index (χ4n) is 1.66. The van der Waals surface area contributed by atoms with E-state index in [9.17, 15) is 8.42 Å². The topological polar surface area (TPSA) is 60.2 Å². The van der Waals surface area contributed by atoms with Crippen molar-refractivity contribution < 1.29 is 8.42 Å². The average Bonchev–Trinajstić information content (AvgIpc) is 2.49. The molecule has 102 valence electrons. The monoisotopic (exact) mass is 277 g/mol. The number of sulfonamides is 1. The Morgan fingerprint density at radius 3 is 2.53 bits per heavy atom. The third-order valence-electron chi connectivity index (χ3n) is 2.89. The molecule has 0 saturated carbocycles. The lowest BCUT2D eigenvalue weighted by Gasteiger charge is -2.19. The Labute approximate surface area is 115 Å². The Kier molecular flexibility index (Phi) is 4.86. The molecule has 0 fully saturated rings. The molecule has 0 spiro atoms. The van der Waals surface area contributed by atoms with Crippen molar-refractivity contribution in [3.8, 4) is 0 Å². The van der Waals surface area contributed by atoms with Crippen molar-refractivity contribution in [3.05, 3.63) is 72.4 Å². The van der Waals surface area contributed by atoms with E-state index >= 15 is 0 Å². The van der Waals surface area contributed by atoms with Gasteiger partial charge in [0.1, 0.15) is 4.75 Å². The van der Waals surface area contributed by atoms with Crippen LogP contribution in [0.1, 0.15) is 13.8 Å². The lowest BCUT2D eigenvalue weighted by Crippen LogP contribution is -2.37. The van der Waals surface area contributed by atoms with Gasteiger partial charge in [0.25, 0.3) is 0 Å². The fraction of sp³-hybridized carbons (Fsp3) is 0.200. The van der Waals surface area contributed by atoms with Crippen LogP contribution in [0.5, 0.6) is 0 Å². The fourth-order valence-corrected chi connectivity index (χ4v) is 2.21. The van der Waals surface area contributed by atoms with Crippen molar-refractivity contribution >= 4 is 10.0 Å². The van der Waals surface area contributed by atoms with Gasteiger partial charge in [0.05, 0.1) is 0 Å². The van der Waals surface area contributed by atoms with Crippen molar-refractivity contribution in [2.75, 3.05) is 0 Å². The Hall–Kier alpha value is -1.65. The van der Waals surface area contributed by atoms with Gasteiger partial charge in [0, 0.05) is 0 Å². The van der Waals surface area contributed by atoms with E-state index in [1.165, 1.54) is 0 Å². The highest BCUT2D eigenvalue weighted by molar-refractivity contribution is 7.90. The summed E-state index contributed by atoms with van der Waals surface area (Å²) in [6.07, 6.45) is 15.9. The summed E-state index contributed by atoms with van der Waals surface area (Å²) in [5.74, 6) is 0. The van der Waals surface area contributed by atoms with Crippen LogP contribution in [-0.4, -0.2) is 13.2 Å². The Morgan fingerprint density at radius 2 is 2.00 bits per heavy atom. The predicted molar refractivity (Wildman–Crippen MR) is 81.0 cm³/mol. The number of hydrogen-bond donors (Lipinski definition) is 1. The van der Waals surface area contributed by atoms with Crippen LogP contribution in [0.4, 0.5) is 0 Å². The quantitative estimate of drug-likeness (QED) is 0.803. The van der Waals surface area contributed by atoms with E-state index in [0.717, 1.165) is 11.1 Å². The summed E-state index contributed by atoms with van der Waals surface area (Å²) in [7, 11) is -3.72. The number of rotatable bonds is 4. The van der Waals surface area contributed by atoms with Gasteiger partial charge in [-0.2, -0.15) is 0 Å². The average molecular weight is 277 g/mol. The van der Waals surface area contributed by atoms with Gasteiger partial charge in [0.15, 0.2) is 0 Å². The van der Waals surface area contributed by atoms with E-state index in [2.05, 4.69) is 6.58 Å². The van der Waals surface area contributed by atoms with Crippen LogP contribution in [0.3, 0.4) is 0 Å². The third-order valence-corrected chi connectivity index (χ3v) is 4.37. The van der Waals surface area contributed by atoms with Crippen LogP contribution in [-0.2, 0) is 10.0 Å². The van der Waals surface area contributed by atoms with Crippen LogP contribution >= 0.6 is 0 Å². The van der Waals surface area contributed by atoms with Gasteiger partial charge in [-0.1, -0.05) is 61.3 Å². The van der Waals surface area contributed by atoms with Gasteiger partial charge < -0.3 is 0 Å². The molecule has 19 heavy (non-hydrogen) atoms. The van der Waals surface area contributed by atoms with Gasteiger partial charge >= 0.3 is 0 Å². The van der Waals surface area contributed by atoms with Crippen LogP contribution in [0.15, 0.2) is 72.4 Å². The van der Waals surface area contributed by atoms with Gasteiger partial charge in [0.2, 0.25) is 10.0 Å². The molecular weight excluding hydrogens is 258 g/mol. The van der Waals surface area contributed by atoms with Crippen molar-refractivity contribution in [1.82, 2.24) is 0 Å². The number of allylic oxidation sites excluding steroid dienone is 9. The molecule has 4 heteroatoms. The van der Waals surface area contributed by atoms with Crippen molar-refractivity contribution in [1.29, 1.82) is 0 Å². The molecule has 0 aliphatic heterocycles. The molecule has 0 heterocycles. The highest BCUT2D eigenvalue weighted by Gasteiger charge is 2.32. The molecule has 1 aliphatic rings. The van der Waals surface area contributed by atoms with E-state index in [4.69, 9.17) is 5.14 Å². The molecule has 3 nitrogen and oxygen atoms in total. The smallest absolute Gasteiger partial charge is 0.221 e. The first-order valence-electron chi connectivity index (χ1n) is 5.91. The summed E-state index contributed by atoms with van der Waals surface area (Å²) < 4.78 is 22.2. The first kappa shape index (κ1) is 15.4. The van der Waals surface area contributed by atoms with Crippen LogP contribution in [0.2, 0.25) is 0 Å². The molecular formula is C15H19NO2S. The number of primary sulfonamides is 1. The maximum atomic E-state index is 11.7. The number of nitrogens with two attached hydrogens (primary N) is 1. The first-order chi connectivity index (χ1) is 8.84. The van der Waals surface area contributed by atoms with Crippen molar-refractivity contribution in [2.45, 2.75) is 18.6 Å². The maximum Gasteiger partial charge on any atom is 0.221 e. The second-order valence-electron chi connectivity index (χ2n) is 4.40. The first-order valence-corrected chi connectivity index (χ1v) is 7.45. The van der Waals surface area contributed by atoms with E-state index < -0.39 is 14.8 Å². The molecule has 0 radical (unpaired) electrons. The summed E-state index contributed by atoms with van der Waals surface area (Å²) in [5, 5.41) is 5.29. The molecule has 1 rings (SSSR count). The normalized spacial score (nSPS) is 24.4. The molecule has 1 unspecified atom stereocenters. The largest absolute Gasteiger partial charge is 0.228 e. The zero-order valence-corrected chi connectivity index (χ0v) is 12.0. The Balaban J connectivity index is 3.30. The molecule has 0 aromatic rings. The summed E-state index contributed by atoms with van der Waals surface area (Å²) >= 11 is 0. The molecule has 1 atom stereocenters. The standard InChI is InChI=1S/C15H19NO2S/c1-4-6-7-9-14-10-8-11-15(3,19(16,17)18)12-13(14)5-2/h4-12H,2H2,1,3H3,(H2,16,17,18)/b6-4-,9-7-. The molecule has 0 aromatic carbocycles. The van der Waals surface area contributed by atoms with Gasteiger partial charge in [-0.3, -0.25) is 0 Å². The summed E-state index contributed by atoms with van der Waals surface area (Å²) in [6, 6.07) is 0. The van der Waals surface area contributed by atoms with Crippen molar-refractivity contribution in [3.63, 3.8) is 0 Å². The minimum Gasteiger partial charge on any atom is -0.228 e. The lowest BCUT2D eigenvalue weighted by atomic mass is 10.0. The molecule has 0 amide bonds. The molecule has 2 N–H and O–H groups in total. The highest BCUT2D eigenvalue weighted by Crippen LogP contribution is 2.27. The van der Waals surface area contributed by atoms with Crippen molar-refractivity contribution in [2.24, 2.45) is 5.14 Å². The van der Waals surface area contributed by atoms with Gasteiger partial charge in [-0.05, 0) is 25.0 Å². The molecule has 0 aromatic heterocycles. The van der Waals surface area contributed by atoms with E-state index in [-0.39, 0.29) is 0 Å². The highest BCUT2D eigenvalue weighted by atomic mass is 32.2. The predicted octanol–water partition coefficient (Wildman–Crippen LogP) is 2.77. The minimum absolute atomic E-state index is 0.738. The van der Waals surface area contributed by atoms with Gasteiger partial charge in [-0.15, -0.1) is 0 Å². The van der Waals surface area contributed by atoms with E-state index in [0.29, 0.717) is 0 Å². The number of hydrogen-bond acceptors (Lipinski definition) is 2. The second-order valence-corrected chi connectivity index (χ2v) is 6.37. The minimum atomic E-state index is -3.72. The zero-order valence-electron chi connectivity index (χ0n) is 11.2. The van der Waals surface area contributed by atoms with Crippen LogP contribution in [0.25, 0.3) is 0 Å². The summed E-state index contributed by atoms with van der Waals surface area (Å²) in [4.78, 5) is 0. The lowest BCUT2D eigenvalue weighted by molar-refractivity contribution is 0.582. The third kappa shape index (κ3) is 3.66. The van der Waals surface area contributed by atoms with Gasteiger partial charge in [-0.25, -0.2) is 13.6 Å². The summed E-state index contributed by atoms with van der Waals surface area (Å²) in [5.41, 5.74) is 1.62. The molecule has 0 bridgehead atoms. The SMILES string of the molecule is C=CC1=CC(C)(S(N)(=O)=O)C=CC=C1/C=C\C=C/C. The molecule has 0 saturated heterocycles. The Bertz CT molecular complexity index is 604. The molecule has 1 aliphatic carbocycles. The van der Waals surface area contributed by atoms with E-state index in [1.54, 1.807) is 31.2 Å². The maximum absolute atomic E-state index is 11.7. The van der Waals surface area contributed by atoms with Crippen LogP contribution in [0, 0.1) is 0 Å². The summed E-state index contributed by atoms with van der Waals surface area (Å²) in [6.45, 7) is 7.22. The zero-order chi connectivity index (χ0) is 14.5. The van der Waals surface area contributed by atoms with E-state index in [1.807, 2.05) is 37.3 Å². The second kappa shape index (κ2) is 5.99. The Morgan fingerprint density at radius 1 is 1.32 bits per heavy atom.